The molecule has 6 rings (SSSR count). The molecule has 4 aromatic rings. The zero-order valence-electron chi connectivity index (χ0n) is 28.3. The van der Waals surface area contributed by atoms with Crippen molar-refractivity contribution in [3.63, 3.8) is 0 Å². The highest BCUT2D eigenvalue weighted by atomic mass is 16.2. The summed E-state index contributed by atoms with van der Waals surface area (Å²) in [6.45, 7) is 5.00. The van der Waals surface area contributed by atoms with E-state index in [-0.39, 0.29) is 23.6 Å². The number of carbonyl (C=O) groups excluding carboxylic acids is 4. The van der Waals surface area contributed by atoms with E-state index >= 15 is 0 Å². The van der Waals surface area contributed by atoms with Gasteiger partial charge in [0.2, 0.25) is 11.8 Å². The van der Waals surface area contributed by atoms with Crippen molar-refractivity contribution in [1.29, 1.82) is 0 Å². The maximum Gasteiger partial charge on any atom is 0.273 e. The number of anilines is 2. The molecule has 0 saturated carbocycles. The zero-order chi connectivity index (χ0) is 35.0. The summed E-state index contributed by atoms with van der Waals surface area (Å²) in [7, 11) is 0. The number of aryl methyl sites for hydroxylation is 2. The first kappa shape index (κ1) is 34.1. The van der Waals surface area contributed by atoms with Gasteiger partial charge in [-0.2, -0.15) is 0 Å². The van der Waals surface area contributed by atoms with Crippen molar-refractivity contribution < 1.29 is 19.2 Å². The lowest BCUT2D eigenvalue weighted by molar-refractivity contribution is -0.120. The van der Waals surface area contributed by atoms with Crippen LogP contribution in [0.5, 0.6) is 0 Å². The van der Waals surface area contributed by atoms with Gasteiger partial charge in [0.1, 0.15) is 23.5 Å². The van der Waals surface area contributed by atoms with Crippen LogP contribution < -0.4 is 10.6 Å². The Hall–Kier alpha value is -5.82. The third kappa shape index (κ3) is 7.57. The second-order valence-corrected chi connectivity index (χ2v) is 12.4. The Balaban J connectivity index is 1.03. The fraction of sp³-hybridized carbons (Fsp3) is 0.300. The molecule has 4 amide bonds. The molecule has 0 radical (unpaired) electrons. The van der Waals surface area contributed by atoms with Gasteiger partial charge in [0.25, 0.3) is 11.8 Å². The summed E-state index contributed by atoms with van der Waals surface area (Å²) < 4.78 is 0. The molecule has 2 aromatic carbocycles. The van der Waals surface area contributed by atoms with Crippen LogP contribution in [-0.4, -0.2) is 68.6 Å². The lowest BCUT2D eigenvalue weighted by Gasteiger charge is -2.24. The predicted octanol–water partition coefficient (Wildman–Crippen LogP) is 5.49. The minimum Gasteiger partial charge on any atom is -0.325 e. The predicted molar refractivity (Wildman–Crippen MR) is 191 cm³/mol. The Kier molecular flexibility index (Phi) is 10.6. The van der Waals surface area contributed by atoms with Gasteiger partial charge in [0, 0.05) is 48.0 Å². The van der Waals surface area contributed by atoms with Crippen LogP contribution in [0.25, 0.3) is 0 Å². The van der Waals surface area contributed by atoms with Crippen LogP contribution in [-0.2, 0) is 22.4 Å². The van der Waals surface area contributed by atoms with Gasteiger partial charge >= 0.3 is 0 Å². The number of hydrogen-bond donors (Lipinski definition) is 2. The molecule has 10 nitrogen and oxygen atoms in total. The topological polar surface area (TPSA) is 125 Å². The third-order valence-electron chi connectivity index (χ3n) is 9.24. The van der Waals surface area contributed by atoms with E-state index in [1.165, 1.54) is 0 Å². The smallest absolute Gasteiger partial charge is 0.273 e. The van der Waals surface area contributed by atoms with E-state index in [0.717, 1.165) is 35.1 Å². The summed E-state index contributed by atoms with van der Waals surface area (Å²) >= 11 is 0. The largest absolute Gasteiger partial charge is 0.325 e. The van der Waals surface area contributed by atoms with Crippen molar-refractivity contribution in [2.24, 2.45) is 0 Å². The molecule has 0 unspecified atom stereocenters. The number of amides is 4. The van der Waals surface area contributed by atoms with E-state index in [4.69, 9.17) is 0 Å². The number of pyridine rings is 2. The van der Waals surface area contributed by atoms with E-state index in [1.807, 2.05) is 62.4 Å². The number of benzene rings is 2. The summed E-state index contributed by atoms with van der Waals surface area (Å²) in [5.74, 6) is 5.41. The molecule has 254 valence electrons. The van der Waals surface area contributed by atoms with Gasteiger partial charge in [-0.15, -0.1) is 0 Å². The molecule has 0 spiro atoms. The summed E-state index contributed by atoms with van der Waals surface area (Å²) in [5, 5.41) is 5.91. The van der Waals surface area contributed by atoms with Crippen LogP contribution in [0.2, 0.25) is 0 Å². The summed E-state index contributed by atoms with van der Waals surface area (Å²) in [5.41, 5.74) is 5.35. The standard InChI is InChI=1S/C40H40N6O4/c1-3-29-9-5-23-41-35(29)39(49)45-25-7-11-33(45)37(47)43-31-19-15-27(16-20-31)13-14-28-17-21-32(22-18-28)44-38(48)34-12-8-26-46(34)40(50)36-30(4-2)10-6-24-42-36/h5-6,9-10,15-24,33-34H,3-4,7-8,11-12,25-26H2,1-2H3,(H,43,47)(H,44,48)/t33-,34+. The van der Waals surface area contributed by atoms with E-state index in [0.29, 0.717) is 61.5 Å². The first-order valence-corrected chi connectivity index (χ1v) is 17.2. The highest BCUT2D eigenvalue weighted by Gasteiger charge is 2.37. The number of nitrogens with zero attached hydrogens (tertiary/aromatic N) is 4. The normalized spacial score (nSPS) is 16.8. The average Bonchev–Trinajstić information content (AvgIpc) is 3.86. The highest BCUT2D eigenvalue weighted by Crippen LogP contribution is 2.24. The van der Waals surface area contributed by atoms with Crippen LogP contribution in [0.4, 0.5) is 11.4 Å². The molecule has 2 aliphatic heterocycles. The molecule has 4 heterocycles. The summed E-state index contributed by atoms with van der Waals surface area (Å²) in [4.78, 5) is 64.8. The zero-order valence-corrected chi connectivity index (χ0v) is 28.3. The van der Waals surface area contributed by atoms with Gasteiger partial charge in [0.05, 0.1) is 0 Å². The van der Waals surface area contributed by atoms with Gasteiger partial charge in [-0.1, -0.05) is 37.8 Å². The first-order chi connectivity index (χ1) is 24.4. The van der Waals surface area contributed by atoms with Crippen molar-refractivity contribution in [2.45, 2.75) is 64.5 Å². The van der Waals surface area contributed by atoms with Gasteiger partial charge in [0.15, 0.2) is 0 Å². The molecule has 0 bridgehead atoms. The monoisotopic (exact) mass is 668 g/mol. The SMILES string of the molecule is CCc1cccnc1C(=O)N1CCC[C@@H]1C(=O)Nc1ccc(C#Cc2ccc(NC(=O)[C@@H]3CCCN3C(=O)c3ncccc3CC)cc2)cc1. The van der Waals surface area contributed by atoms with Gasteiger partial charge < -0.3 is 20.4 Å². The molecule has 2 aliphatic rings. The fourth-order valence-electron chi connectivity index (χ4n) is 6.54. The minimum atomic E-state index is -0.554. The molecular formula is C40H40N6O4. The molecule has 10 heteroatoms. The van der Waals surface area contributed by atoms with Crippen LogP contribution in [0.3, 0.4) is 0 Å². The fourth-order valence-corrected chi connectivity index (χ4v) is 6.54. The summed E-state index contributed by atoms with van der Waals surface area (Å²) in [6.07, 6.45) is 7.31. The van der Waals surface area contributed by atoms with Gasteiger partial charge in [-0.05, 0) is 110 Å². The first-order valence-electron chi connectivity index (χ1n) is 17.2. The number of rotatable bonds is 8. The van der Waals surface area contributed by atoms with E-state index < -0.39 is 12.1 Å². The maximum atomic E-state index is 13.3. The average molecular weight is 669 g/mol. The lowest BCUT2D eigenvalue weighted by atomic mass is 10.1. The molecule has 2 aromatic heterocycles. The van der Waals surface area contributed by atoms with E-state index in [2.05, 4.69) is 32.4 Å². The van der Waals surface area contributed by atoms with Crippen molar-refractivity contribution in [2.75, 3.05) is 23.7 Å². The number of aromatic nitrogens is 2. The van der Waals surface area contributed by atoms with Crippen LogP contribution in [0, 0.1) is 11.8 Å². The minimum absolute atomic E-state index is 0.208. The van der Waals surface area contributed by atoms with Gasteiger partial charge in [-0.3, -0.25) is 29.1 Å². The number of carbonyl (C=O) groups is 4. The lowest BCUT2D eigenvalue weighted by Crippen LogP contribution is -2.43. The van der Waals surface area contributed by atoms with E-state index in [1.54, 1.807) is 46.5 Å². The van der Waals surface area contributed by atoms with Crippen molar-refractivity contribution in [1.82, 2.24) is 19.8 Å². The van der Waals surface area contributed by atoms with E-state index in [9.17, 15) is 19.2 Å². The number of likely N-dealkylation sites (tertiary alicyclic amines) is 2. The number of hydrogen-bond acceptors (Lipinski definition) is 6. The molecule has 50 heavy (non-hydrogen) atoms. The second kappa shape index (κ2) is 15.6. The molecule has 2 N–H and O–H groups in total. The van der Waals surface area contributed by atoms with Crippen molar-refractivity contribution in [3.05, 3.63) is 119 Å². The Labute approximate surface area is 292 Å². The molecule has 2 atom stereocenters. The molecule has 2 fully saturated rings. The van der Waals surface area contributed by atoms with Crippen LogP contribution in [0.1, 0.15) is 82.8 Å². The Bertz CT molecular complexity index is 1810. The van der Waals surface area contributed by atoms with Crippen LogP contribution >= 0.6 is 0 Å². The van der Waals surface area contributed by atoms with Crippen LogP contribution in [0.15, 0.2) is 85.2 Å². The highest BCUT2D eigenvalue weighted by molar-refractivity contribution is 6.02. The Morgan fingerprint density at radius 2 is 1.04 bits per heavy atom. The van der Waals surface area contributed by atoms with Crippen molar-refractivity contribution >= 4 is 35.0 Å². The van der Waals surface area contributed by atoms with Crippen molar-refractivity contribution in [3.8, 4) is 11.8 Å². The Morgan fingerprint density at radius 3 is 1.42 bits per heavy atom. The molecular weight excluding hydrogens is 628 g/mol. The van der Waals surface area contributed by atoms with Gasteiger partial charge in [-0.25, -0.2) is 0 Å². The molecule has 2 saturated heterocycles. The maximum absolute atomic E-state index is 13.3. The quantitative estimate of drug-likeness (QED) is 0.240. The Morgan fingerprint density at radius 1 is 0.640 bits per heavy atom. The summed E-state index contributed by atoms with van der Waals surface area (Å²) in [6, 6.07) is 20.8. The third-order valence-corrected chi connectivity index (χ3v) is 9.24. The number of nitrogens with one attached hydrogen (secondary N) is 2. The molecule has 0 aliphatic carbocycles. The second-order valence-electron chi connectivity index (χ2n) is 12.4.